The van der Waals surface area contributed by atoms with Crippen LogP contribution in [0.4, 0.5) is 8.78 Å². The van der Waals surface area contributed by atoms with Crippen LogP contribution in [0.15, 0.2) is 17.2 Å². The van der Waals surface area contributed by atoms with Gasteiger partial charge >= 0.3 is 0 Å². The molecule has 1 saturated carbocycles. The van der Waals surface area contributed by atoms with E-state index in [0.29, 0.717) is 25.7 Å². The Bertz CT molecular complexity index is 470. The van der Waals surface area contributed by atoms with Crippen LogP contribution in [0.2, 0.25) is 0 Å². The lowest BCUT2D eigenvalue weighted by Gasteiger charge is -2.21. The zero-order valence-corrected chi connectivity index (χ0v) is 11.4. The standard InChI is InChI=1S/C14H20F2N2O2/c15-14(16)12-9-13(19)18(10-17-12)7-4-8-20-11-5-2-1-3-6-11/h9-11,14H,1-8H2. The van der Waals surface area contributed by atoms with E-state index in [-0.39, 0.29) is 0 Å². The Morgan fingerprint density at radius 2 is 2.10 bits per heavy atom. The molecule has 1 aromatic heterocycles. The minimum absolute atomic E-state index is 0.347. The van der Waals surface area contributed by atoms with Crippen LogP contribution in [-0.2, 0) is 11.3 Å². The van der Waals surface area contributed by atoms with Gasteiger partial charge in [0.1, 0.15) is 5.69 Å². The molecule has 112 valence electrons. The van der Waals surface area contributed by atoms with Crippen LogP contribution in [0.1, 0.15) is 50.6 Å². The van der Waals surface area contributed by atoms with Gasteiger partial charge in [0.25, 0.3) is 12.0 Å². The Hall–Kier alpha value is -1.30. The number of alkyl halides is 2. The molecule has 0 spiro atoms. The minimum atomic E-state index is -2.70. The van der Waals surface area contributed by atoms with Gasteiger partial charge in [-0.2, -0.15) is 0 Å². The second-order valence-electron chi connectivity index (χ2n) is 5.13. The van der Waals surface area contributed by atoms with Gasteiger partial charge in [-0.1, -0.05) is 19.3 Å². The van der Waals surface area contributed by atoms with Crippen LogP contribution in [0, 0.1) is 0 Å². The van der Waals surface area contributed by atoms with Gasteiger partial charge in [-0.05, 0) is 19.3 Å². The van der Waals surface area contributed by atoms with Crippen LogP contribution in [0.3, 0.4) is 0 Å². The summed E-state index contributed by atoms with van der Waals surface area (Å²) in [6.45, 7) is 1.04. The summed E-state index contributed by atoms with van der Waals surface area (Å²) in [4.78, 5) is 15.2. The maximum Gasteiger partial charge on any atom is 0.280 e. The molecule has 0 amide bonds. The topological polar surface area (TPSA) is 44.1 Å². The molecule has 1 aliphatic carbocycles. The molecule has 0 bridgehead atoms. The summed E-state index contributed by atoms with van der Waals surface area (Å²) in [5.74, 6) is 0. The zero-order valence-electron chi connectivity index (χ0n) is 11.4. The van der Waals surface area contributed by atoms with Crippen molar-refractivity contribution < 1.29 is 13.5 Å². The van der Waals surface area contributed by atoms with Gasteiger partial charge in [-0.3, -0.25) is 9.36 Å². The molecule has 0 aliphatic heterocycles. The van der Waals surface area contributed by atoms with Crippen molar-refractivity contribution in [2.75, 3.05) is 6.61 Å². The van der Waals surface area contributed by atoms with Crippen molar-refractivity contribution in [3.8, 4) is 0 Å². The van der Waals surface area contributed by atoms with Crippen molar-refractivity contribution >= 4 is 0 Å². The number of nitrogens with zero attached hydrogens (tertiary/aromatic N) is 2. The van der Waals surface area contributed by atoms with Crippen molar-refractivity contribution in [3.63, 3.8) is 0 Å². The van der Waals surface area contributed by atoms with Crippen molar-refractivity contribution in [2.45, 2.75) is 57.6 Å². The van der Waals surface area contributed by atoms with E-state index >= 15 is 0 Å². The van der Waals surface area contributed by atoms with E-state index in [4.69, 9.17) is 4.74 Å². The van der Waals surface area contributed by atoms with Crippen LogP contribution in [0.5, 0.6) is 0 Å². The molecule has 0 saturated heterocycles. The summed E-state index contributed by atoms with van der Waals surface area (Å²) in [6.07, 6.45) is 5.49. The molecule has 6 heteroatoms. The second-order valence-corrected chi connectivity index (χ2v) is 5.13. The molecule has 1 aliphatic rings. The quantitative estimate of drug-likeness (QED) is 0.755. The normalized spacial score (nSPS) is 16.8. The third kappa shape index (κ3) is 4.37. The number of hydrogen-bond acceptors (Lipinski definition) is 3. The monoisotopic (exact) mass is 286 g/mol. The summed E-state index contributed by atoms with van der Waals surface area (Å²) in [6, 6.07) is 0.895. The lowest BCUT2D eigenvalue weighted by molar-refractivity contribution is 0.0256. The predicted octanol–water partition coefficient (Wildman–Crippen LogP) is 2.92. The average Bonchev–Trinajstić information content (AvgIpc) is 2.46. The number of halogens is 2. The molecule has 0 N–H and O–H groups in total. The van der Waals surface area contributed by atoms with Gasteiger partial charge < -0.3 is 4.74 Å². The maximum absolute atomic E-state index is 12.4. The number of hydrogen-bond donors (Lipinski definition) is 0. The summed E-state index contributed by atoms with van der Waals surface area (Å²) < 4.78 is 31.8. The maximum atomic E-state index is 12.4. The number of aryl methyl sites for hydroxylation is 1. The molecule has 20 heavy (non-hydrogen) atoms. The van der Waals surface area contributed by atoms with E-state index in [1.807, 2.05) is 0 Å². The highest BCUT2D eigenvalue weighted by Gasteiger charge is 2.13. The highest BCUT2D eigenvalue weighted by atomic mass is 19.3. The fourth-order valence-electron chi connectivity index (χ4n) is 2.44. The van der Waals surface area contributed by atoms with Crippen molar-refractivity contribution in [1.82, 2.24) is 9.55 Å². The van der Waals surface area contributed by atoms with Crippen molar-refractivity contribution in [1.29, 1.82) is 0 Å². The third-order valence-electron chi connectivity index (χ3n) is 3.57. The molecule has 0 radical (unpaired) electrons. The first-order valence-electron chi connectivity index (χ1n) is 7.13. The third-order valence-corrected chi connectivity index (χ3v) is 3.57. The Labute approximate surface area is 116 Å². The van der Waals surface area contributed by atoms with Crippen molar-refractivity contribution in [2.24, 2.45) is 0 Å². The lowest BCUT2D eigenvalue weighted by atomic mass is 9.98. The fourth-order valence-corrected chi connectivity index (χ4v) is 2.44. The van der Waals surface area contributed by atoms with E-state index in [1.54, 1.807) is 0 Å². The molecule has 1 fully saturated rings. The van der Waals surface area contributed by atoms with Gasteiger partial charge in [0.2, 0.25) is 0 Å². The molecule has 1 aromatic rings. The number of ether oxygens (including phenoxy) is 1. The molecule has 4 nitrogen and oxygen atoms in total. The van der Waals surface area contributed by atoms with E-state index in [2.05, 4.69) is 4.98 Å². The highest BCUT2D eigenvalue weighted by Crippen LogP contribution is 2.20. The molecule has 0 aromatic carbocycles. The predicted molar refractivity (Wildman–Crippen MR) is 70.9 cm³/mol. The lowest BCUT2D eigenvalue weighted by Crippen LogP contribution is -2.22. The summed E-state index contributed by atoms with van der Waals surface area (Å²) in [5, 5.41) is 0. The van der Waals surface area contributed by atoms with Crippen LogP contribution >= 0.6 is 0 Å². The van der Waals surface area contributed by atoms with E-state index < -0.39 is 17.7 Å². The Morgan fingerprint density at radius 1 is 1.35 bits per heavy atom. The summed E-state index contributed by atoms with van der Waals surface area (Å²) in [5.41, 5.74) is -0.905. The smallest absolute Gasteiger partial charge is 0.280 e. The Morgan fingerprint density at radius 3 is 2.75 bits per heavy atom. The van der Waals surface area contributed by atoms with Gasteiger partial charge in [0, 0.05) is 19.2 Å². The molecule has 0 unspecified atom stereocenters. The Balaban J connectivity index is 1.75. The van der Waals surface area contributed by atoms with Crippen LogP contribution < -0.4 is 5.56 Å². The van der Waals surface area contributed by atoms with Gasteiger partial charge in [-0.15, -0.1) is 0 Å². The molecule has 0 atom stereocenters. The number of aromatic nitrogens is 2. The Kier molecular flexibility index (Phi) is 5.64. The second kappa shape index (κ2) is 7.47. The number of rotatable bonds is 6. The molecule has 2 rings (SSSR count). The first kappa shape index (κ1) is 15.1. The van der Waals surface area contributed by atoms with Gasteiger partial charge in [0.05, 0.1) is 12.4 Å². The van der Waals surface area contributed by atoms with Crippen molar-refractivity contribution in [3.05, 3.63) is 28.4 Å². The van der Waals surface area contributed by atoms with Gasteiger partial charge in [-0.25, -0.2) is 13.8 Å². The fraction of sp³-hybridized carbons (Fsp3) is 0.714. The largest absolute Gasteiger partial charge is 0.378 e. The average molecular weight is 286 g/mol. The van der Waals surface area contributed by atoms with Crippen LogP contribution in [0.25, 0.3) is 0 Å². The summed E-state index contributed by atoms with van der Waals surface area (Å²) >= 11 is 0. The summed E-state index contributed by atoms with van der Waals surface area (Å²) in [7, 11) is 0. The first-order chi connectivity index (χ1) is 9.66. The minimum Gasteiger partial charge on any atom is -0.378 e. The molecular formula is C14H20F2N2O2. The first-order valence-corrected chi connectivity index (χ1v) is 7.13. The molecular weight excluding hydrogens is 266 g/mol. The van der Waals surface area contributed by atoms with E-state index in [0.717, 1.165) is 18.9 Å². The van der Waals surface area contributed by atoms with E-state index in [1.165, 1.54) is 30.2 Å². The molecule has 1 heterocycles. The van der Waals surface area contributed by atoms with Crippen LogP contribution in [-0.4, -0.2) is 22.3 Å². The SMILES string of the molecule is O=c1cc(C(F)F)ncn1CCCOC1CCCCC1. The van der Waals surface area contributed by atoms with E-state index in [9.17, 15) is 13.6 Å². The zero-order chi connectivity index (χ0) is 14.4. The highest BCUT2D eigenvalue weighted by molar-refractivity contribution is 5.00. The van der Waals surface area contributed by atoms with Gasteiger partial charge in [0.15, 0.2) is 0 Å².